The monoisotopic (exact) mass is 422 g/mol. The number of carbonyl (C=O) groups is 1. The van der Waals surface area contributed by atoms with Gasteiger partial charge in [0, 0.05) is 12.3 Å². The van der Waals surface area contributed by atoms with Crippen LogP contribution in [0.3, 0.4) is 0 Å². The lowest BCUT2D eigenvalue weighted by molar-refractivity contribution is -0.115. The maximum absolute atomic E-state index is 12.2. The quantitative estimate of drug-likeness (QED) is 0.626. The van der Waals surface area contributed by atoms with Crippen LogP contribution in [0.1, 0.15) is 23.7 Å². The van der Waals surface area contributed by atoms with Crippen molar-refractivity contribution in [2.45, 2.75) is 27.3 Å². The van der Waals surface area contributed by atoms with Gasteiger partial charge < -0.3 is 0 Å². The maximum Gasteiger partial charge on any atom is 0.287 e. The average molecular weight is 423 g/mol. The highest BCUT2D eigenvalue weighted by Gasteiger charge is 2.19. The fraction of sp³-hybridized carbons (Fsp3) is 0.222. The van der Waals surface area contributed by atoms with E-state index in [-0.39, 0.29) is 22.5 Å². The van der Waals surface area contributed by atoms with Crippen molar-refractivity contribution in [3.63, 3.8) is 0 Å². The second-order valence-corrected chi connectivity index (χ2v) is 7.64. The Kier molecular flexibility index (Phi) is 5.64. The number of anilines is 2. The summed E-state index contributed by atoms with van der Waals surface area (Å²) in [4.78, 5) is 30.4. The topological polar surface area (TPSA) is 68.1 Å². The lowest BCUT2D eigenvalue weighted by Crippen LogP contribution is -2.24. The molecule has 6 nitrogen and oxygen atoms in total. The number of amides is 1. The third kappa shape index (κ3) is 4.05. The van der Waals surface area contributed by atoms with Gasteiger partial charge in [-0.2, -0.15) is 5.10 Å². The van der Waals surface area contributed by atoms with Gasteiger partial charge >= 0.3 is 0 Å². The molecule has 27 heavy (non-hydrogen) atoms. The Morgan fingerprint density at radius 3 is 2.67 bits per heavy atom. The molecular weight excluding hydrogens is 407 g/mol. The zero-order valence-electron chi connectivity index (χ0n) is 14.9. The molecule has 0 bridgehead atoms. The van der Waals surface area contributed by atoms with Crippen LogP contribution >= 0.6 is 34.5 Å². The number of rotatable bonds is 4. The summed E-state index contributed by atoms with van der Waals surface area (Å²) in [5.41, 5.74) is 3.08. The smallest absolute Gasteiger partial charge is 0.274 e. The van der Waals surface area contributed by atoms with Gasteiger partial charge in [0.25, 0.3) is 5.56 Å². The van der Waals surface area contributed by atoms with Crippen LogP contribution in [0.5, 0.6) is 0 Å². The van der Waals surface area contributed by atoms with Gasteiger partial charge in [-0.25, -0.2) is 9.67 Å². The molecule has 0 radical (unpaired) electrons. The van der Waals surface area contributed by atoms with Crippen molar-refractivity contribution in [2.75, 3.05) is 4.90 Å². The summed E-state index contributed by atoms with van der Waals surface area (Å²) in [5, 5.41) is 6.30. The first-order valence-electron chi connectivity index (χ1n) is 8.01. The zero-order chi connectivity index (χ0) is 19.7. The third-order valence-corrected chi connectivity index (χ3v) is 5.67. The molecule has 0 saturated heterocycles. The minimum Gasteiger partial charge on any atom is -0.274 e. The van der Waals surface area contributed by atoms with Crippen molar-refractivity contribution in [2.24, 2.45) is 0 Å². The Bertz CT molecular complexity index is 1080. The van der Waals surface area contributed by atoms with E-state index < -0.39 is 5.56 Å². The summed E-state index contributed by atoms with van der Waals surface area (Å²) in [7, 11) is 0. The summed E-state index contributed by atoms with van der Waals surface area (Å²) in [6.07, 6.45) is 1.32. The van der Waals surface area contributed by atoms with Crippen molar-refractivity contribution in [1.29, 1.82) is 0 Å². The van der Waals surface area contributed by atoms with Crippen LogP contribution in [0.15, 0.2) is 34.6 Å². The van der Waals surface area contributed by atoms with Crippen LogP contribution in [0, 0.1) is 13.8 Å². The summed E-state index contributed by atoms with van der Waals surface area (Å²) in [6.45, 7) is 5.62. The Morgan fingerprint density at radius 2 is 2.00 bits per heavy atom. The highest BCUT2D eigenvalue weighted by molar-refractivity contribution is 7.14. The molecule has 2 heterocycles. The molecule has 0 N–H and O–H groups in total. The molecule has 3 aromatic rings. The normalized spacial score (nSPS) is 10.9. The van der Waals surface area contributed by atoms with Gasteiger partial charge in [0.1, 0.15) is 5.02 Å². The number of halogens is 2. The summed E-state index contributed by atoms with van der Waals surface area (Å²) < 4.78 is 1.18. The molecule has 1 amide bonds. The number of aromatic nitrogens is 3. The minimum atomic E-state index is -0.490. The van der Waals surface area contributed by atoms with Crippen LogP contribution in [-0.4, -0.2) is 20.7 Å². The number of hydrogen-bond acceptors (Lipinski definition) is 5. The largest absolute Gasteiger partial charge is 0.287 e. The maximum atomic E-state index is 12.2. The van der Waals surface area contributed by atoms with E-state index in [1.807, 2.05) is 32.0 Å². The van der Waals surface area contributed by atoms with Gasteiger partial charge in [-0.3, -0.25) is 14.5 Å². The van der Waals surface area contributed by atoms with E-state index in [1.165, 1.54) is 29.1 Å². The number of nitrogens with zero attached hydrogens (tertiary/aromatic N) is 4. The van der Waals surface area contributed by atoms with E-state index >= 15 is 0 Å². The Morgan fingerprint density at radius 1 is 1.26 bits per heavy atom. The van der Waals surface area contributed by atoms with Crippen LogP contribution in [-0.2, 0) is 11.3 Å². The standard InChI is InChI=1S/C18H16Cl2N4O2S/c1-10-4-5-14(6-11(10)2)24(12(3)25)18-22-13(9-27-18)8-23-17(26)16(20)15(19)7-21-23/h4-7,9H,8H2,1-3H3. The lowest BCUT2D eigenvalue weighted by Gasteiger charge is -2.19. The Hall–Kier alpha value is -2.22. The summed E-state index contributed by atoms with van der Waals surface area (Å²) in [5.74, 6) is -0.149. The Balaban J connectivity index is 1.93. The fourth-order valence-electron chi connectivity index (χ4n) is 2.47. The molecule has 0 fully saturated rings. The van der Waals surface area contributed by atoms with E-state index in [9.17, 15) is 9.59 Å². The highest BCUT2D eigenvalue weighted by Crippen LogP contribution is 2.30. The van der Waals surface area contributed by atoms with E-state index in [2.05, 4.69) is 10.1 Å². The average Bonchev–Trinajstić information content (AvgIpc) is 3.06. The first-order chi connectivity index (χ1) is 12.8. The van der Waals surface area contributed by atoms with Crippen molar-refractivity contribution >= 4 is 51.3 Å². The van der Waals surface area contributed by atoms with Crippen LogP contribution in [0.4, 0.5) is 10.8 Å². The van der Waals surface area contributed by atoms with E-state index in [4.69, 9.17) is 23.2 Å². The van der Waals surface area contributed by atoms with Crippen LogP contribution < -0.4 is 10.5 Å². The van der Waals surface area contributed by atoms with Crippen molar-refractivity contribution in [1.82, 2.24) is 14.8 Å². The molecule has 0 unspecified atom stereocenters. The number of aryl methyl sites for hydroxylation is 2. The van der Waals surface area contributed by atoms with Crippen molar-refractivity contribution < 1.29 is 4.79 Å². The van der Waals surface area contributed by atoms with E-state index in [0.717, 1.165) is 16.8 Å². The van der Waals surface area contributed by atoms with Gasteiger partial charge in [0.2, 0.25) is 5.91 Å². The molecule has 0 atom stereocenters. The van der Waals surface area contributed by atoms with Gasteiger partial charge in [-0.1, -0.05) is 29.3 Å². The molecule has 0 saturated carbocycles. The molecule has 140 valence electrons. The molecule has 3 rings (SSSR count). The minimum absolute atomic E-state index is 0.0809. The van der Waals surface area contributed by atoms with Crippen molar-refractivity contribution in [3.05, 3.63) is 67.0 Å². The molecule has 0 aliphatic carbocycles. The summed E-state index contributed by atoms with van der Waals surface area (Å²) in [6, 6.07) is 5.80. The number of thiazole rings is 1. The SMILES string of the molecule is CC(=O)N(c1ccc(C)c(C)c1)c1nc(Cn2ncc(Cl)c(Cl)c2=O)cs1. The lowest BCUT2D eigenvalue weighted by atomic mass is 10.1. The molecule has 0 spiro atoms. The highest BCUT2D eigenvalue weighted by atomic mass is 35.5. The predicted octanol–water partition coefficient (Wildman–Crippen LogP) is 4.36. The van der Waals surface area contributed by atoms with Gasteiger partial charge in [-0.15, -0.1) is 11.3 Å². The summed E-state index contributed by atoms with van der Waals surface area (Å²) >= 11 is 13.0. The first kappa shape index (κ1) is 19.5. The Labute approximate surface area is 170 Å². The van der Waals surface area contributed by atoms with Crippen molar-refractivity contribution in [3.8, 4) is 0 Å². The van der Waals surface area contributed by atoms with Crippen LogP contribution in [0.25, 0.3) is 0 Å². The van der Waals surface area contributed by atoms with Gasteiger partial charge in [0.05, 0.1) is 29.1 Å². The molecule has 0 aliphatic rings. The second kappa shape index (κ2) is 7.80. The number of benzene rings is 1. The molecule has 2 aromatic heterocycles. The molecule has 9 heteroatoms. The zero-order valence-corrected chi connectivity index (χ0v) is 17.2. The van der Waals surface area contributed by atoms with Gasteiger partial charge in [0.15, 0.2) is 5.13 Å². The molecule has 1 aromatic carbocycles. The molecule has 0 aliphatic heterocycles. The van der Waals surface area contributed by atoms with E-state index in [0.29, 0.717) is 10.8 Å². The van der Waals surface area contributed by atoms with E-state index in [1.54, 1.807) is 10.3 Å². The fourth-order valence-corrected chi connectivity index (χ4v) is 3.62. The molecular formula is C18H16Cl2N4O2S. The second-order valence-electron chi connectivity index (χ2n) is 6.01. The third-order valence-electron chi connectivity index (χ3n) is 4.05. The predicted molar refractivity (Wildman–Crippen MR) is 108 cm³/mol. The van der Waals surface area contributed by atoms with Gasteiger partial charge in [-0.05, 0) is 37.1 Å². The number of carbonyl (C=O) groups excluding carboxylic acids is 1. The number of hydrogen-bond donors (Lipinski definition) is 0. The van der Waals surface area contributed by atoms with Crippen LogP contribution in [0.2, 0.25) is 10.0 Å². The first-order valence-corrected chi connectivity index (χ1v) is 9.65.